The van der Waals surface area contributed by atoms with Crippen molar-refractivity contribution in [2.24, 2.45) is 5.10 Å². The first-order valence-corrected chi connectivity index (χ1v) is 11.6. The Bertz CT molecular complexity index is 941. The van der Waals surface area contributed by atoms with Crippen LogP contribution >= 0.6 is 23.2 Å². The fourth-order valence-corrected chi connectivity index (χ4v) is 4.11. The number of carbonyl (C=O) groups is 1. The molecule has 1 aromatic carbocycles. The van der Waals surface area contributed by atoms with Crippen molar-refractivity contribution in [1.82, 2.24) is 14.9 Å². The summed E-state index contributed by atoms with van der Waals surface area (Å²) in [6.45, 7) is 6.92. The van der Waals surface area contributed by atoms with Crippen LogP contribution in [0.15, 0.2) is 47.7 Å². The average molecular weight is 478 g/mol. The van der Waals surface area contributed by atoms with Gasteiger partial charge >= 0.3 is 0 Å². The van der Waals surface area contributed by atoms with Crippen molar-refractivity contribution < 1.29 is 9.53 Å². The molecule has 0 bridgehead atoms. The lowest BCUT2D eigenvalue weighted by atomic mass is 10.1. The van der Waals surface area contributed by atoms with Gasteiger partial charge in [-0.05, 0) is 38.1 Å². The maximum atomic E-state index is 13.1. The van der Waals surface area contributed by atoms with Gasteiger partial charge in [-0.25, -0.2) is 0 Å². The minimum atomic E-state index is 0.0476. The summed E-state index contributed by atoms with van der Waals surface area (Å²) in [6.07, 6.45) is 1.70. The Labute approximate surface area is 199 Å². The molecule has 1 aromatic heterocycles. The van der Waals surface area contributed by atoms with E-state index >= 15 is 0 Å². The minimum Gasteiger partial charge on any atom is -0.495 e. The van der Waals surface area contributed by atoms with Crippen molar-refractivity contribution in [2.75, 3.05) is 50.6 Å². The molecule has 1 atom stereocenters. The van der Waals surface area contributed by atoms with Crippen LogP contribution in [0.3, 0.4) is 0 Å². The number of alkyl halides is 1. The summed E-state index contributed by atoms with van der Waals surface area (Å²) in [5.41, 5.74) is 2.40. The Balaban J connectivity index is 1.64. The fraction of sp³-hybridized carbons (Fsp3) is 0.435. The van der Waals surface area contributed by atoms with E-state index in [-0.39, 0.29) is 24.4 Å². The lowest BCUT2D eigenvalue weighted by Gasteiger charge is -2.41. The number of carbonyl (C=O) groups excluding carboxylic acids is 1. The van der Waals surface area contributed by atoms with Crippen LogP contribution < -0.4 is 9.64 Å². The Morgan fingerprint density at radius 3 is 2.75 bits per heavy atom. The van der Waals surface area contributed by atoms with Crippen molar-refractivity contribution in [3.8, 4) is 5.75 Å². The fourth-order valence-electron chi connectivity index (χ4n) is 3.72. The normalized spacial score (nSPS) is 16.8. The zero-order valence-electron chi connectivity index (χ0n) is 18.7. The molecular formula is C23H29Cl2N5O2. The Kier molecular flexibility index (Phi) is 8.59. The van der Waals surface area contributed by atoms with Gasteiger partial charge in [0.1, 0.15) is 18.0 Å². The number of halogens is 2. The number of anilines is 1. The first kappa shape index (κ1) is 24.1. The maximum absolute atomic E-state index is 13.1. The number of amides is 1. The van der Waals surface area contributed by atoms with E-state index in [4.69, 9.17) is 27.9 Å². The molecule has 3 rings (SSSR count). The summed E-state index contributed by atoms with van der Waals surface area (Å²) in [5.74, 6) is 0.919. The smallest absolute Gasteiger partial charge is 0.244 e. The van der Waals surface area contributed by atoms with Gasteiger partial charge in [0.25, 0.3) is 0 Å². The van der Waals surface area contributed by atoms with E-state index in [0.717, 1.165) is 18.8 Å². The highest BCUT2D eigenvalue weighted by atomic mass is 35.5. The number of hydrogen-bond donors (Lipinski definition) is 0. The van der Waals surface area contributed by atoms with E-state index in [1.54, 1.807) is 18.3 Å². The van der Waals surface area contributed by atoms with Gasteiger partial charge in [0.15, 0.2) is 0 Å². The second kappa shape index (κ2) is 11.4. The third kappa shape index (κ3) is 5.84. The maximum Gasteiger partial charge on any atom is 0.244 e. The van der Waals surface area contributed by atoms with Gasteiger partial charge in [-0.2, -0.15) is 5.10 Å². The molecule has 7 nitrogen and oxygen atoms in total. The molecule has 1 saturated heterocycles. The number of rotatable bonds is 8. The number of methoxy groups -OCH3 is 1. The number of aromatic nitrogens is 1. The van der Waals surface area contributed by atoms with Crippen LogP contribution in [0.4, 0.5) is 5.69 Å². The molecule has 0 saturated carbocycles. The van der Waals surface area contributed by atoms with Crippen LogP contribution in [-0.4, -0.2) is 78.3 Å². The Morgan fingerprint density at radius 1 is 1.31 bits per heavy atom. The predicted molar refractivity (Wildman–Crippen MR) is 130 cm³/mol. The van der Waals surface area contributed by atoms with Gasteiger partial charge in [-0.3, -0.25) is 14.8 Å². The number of pyridine rings is 1. The van der Waals surface area contributed by atoms with Gasteiger partial charge in [-0.1, -0.05) is 17.7 Å². The highest BCUT2D eigenvalue weighted by molar-refractivity contribution is 6.32. The molecule has 1 unspecified atom stereocenters. The predicted octanol–water partition coefficient (Wildman–Crippen LogP) is 3.75. The van der Waals surface area contributed by atoms with Crippen molar-refractivity contribution in [1.29, 1.82) is 0 Å². The number of hydrogen-bond acceptors (Lipinski definition) is 6. The van der Waals surface area contributed by atoms with E-state index in [9.17, 15) is 4.79 Å². The molecule has 1 fully saturated rings. The largest absolute Gasteiger partial charge is 0.495 e. The van der Waals surface area contributed by atoms with E-state index in [1.165, 1.54) is 0 Å². The molecular weight excluding hydrogens is 449 g/mol. The highest BCUT2D eigenvalue weighted by Crippen LogP contribution is 2.30. The third-order valence-corrected chi connectivity index (χ3v) is 6.05. The number of benzene rings is 1. The third-order valence-electron chi connectivity index (χ3n) is 5.48. The molecule has 32 heavy (non-hydrogen) atoms. The molecule has 0 radical (unpaired) electrons. The zero-order chi connectivity index (χ0) is 23.1. The van der Waals surface area contributed by atoms with Crippen molar-refractivity contribution >= 4 is 40.5 Å². The lowest BCUT2D eigenvalue weighted by molar-refractivity contribution is -0.134. The second-order valence-electron chi connectivity index (χ2n) is 7.58. The van der Waals surface area contributed by atoms with E-state index in [1.807, 2.05) is 48.2 Å². The molecule has 1 aliphatic rings. The summed E-state index contributed by atoms with van der Waals surface area (Å²) in [7, 11) is 1.61. The van der Waals surface area contributed by atoms with Crippen LogP contribution in [0, 0.1) is 0 Å². The molecule has 1 amide bonds. The van der Waals surface area contributed by atoms with Crippen LogP contribution in [0.25, 0.3) is 0 Å². The number of likely N-dealkylation sites (N-methyl/N-ethyl adjacent to an activating group) is 1. The number of hydrazone groups is 1. The monoisotopic (exact) mass is 477 g/mol. The van der Waals surface area contributed by atoms with E-state index in [0.29, 0.717) is 35.3 Å². The molecule has 0 N–H and O–H groups in total. The first-order valence-electron chi connectivity index (χ1n) is 10.6. The van der Waals surface area contributed by atoms with Gasteiger partial charge in [0, 0.05) is 50.2 Å². The SMILES string of the molecule is CCN(CC(=O)N1CCN(c2ccc(Cl)c(OC)c2)CC1C)/N=C(\CCl)c1ccccn1. The number of piperazine rings is 1. The highest BCUT2D eigenvalue weighted by Gasteiger charge is 2.28. The number of ether oxygens (including phenoxy) is 1. The summed E-state index contributed by atoms with van der Waals surface area (Å²) in [4.78, 5) is 21.6. The second-order valence-corrected chi connectivity index (χ2v) is 8.25. The Morgan fingerprint density at radius 2 is 2.12 bits per heavy atom. The molecule has 0 spiro atoms. The molecule has 172 valence electrons. The average Bonchev–Trinajstić information content (AvgIpc) is 2.82. The first-order chi connectivity index (χ1) is 15.5. The van der Waals surface area contributed by atoms with Crippen LogP contribution in [0.2, 0.25) is 5.02 Å². The van der Waals surface area contributed by atoms with E-state index in [2.05, 4.69) is 21.9 Å². The standard InChI is InChI=1S/C23H29Cl2N5O2/c1-4-29(27-21(14-24)20-7-5-6-10-26-20)16-23(31)30-12-11-28(15-17(30)2)18-8-9-19(25)22(13-18)32-3/h5-10,13,17H,4,11-12,14-16H2,1-3H3/b27-21+. The van der Waals surface area contributed by atoms with Crippen LogP contribution in [-0.2, 0) is 4.79 Å². The minimum absolute atomic E-state index is 0.0476. The zero-order valence-corrected chi connectivity index (χ0v) is 20.2. The van der Waals surface area contributed by atoms with Crippen molar-refractivity contribution in [3.05, 3.63) is 53.3 Å². The topological polar surface area (TPSA) is 61.3 Å². The Hall–Kier alpha value is -2.51. The summed E-state index contributed by atoms with van der Waals surface area (Å²) >= 11 is 12.3. The molecule has 1 aliphatic heterocycles. The molecule has 0 aliphatic carbocycles. The van der Waals surface area contributed by atoms with Crippen LogP contribution in [0.5, 0.6) is 5.75 Å². The van der Waals surface area contributed by atoms with E-state index < -0.39 is 0 Å². The summed E-state index contributed by atoms with van der Waals surface area (Å²) in [5, 5.41) is 6.94. The quantitative estimate of drug-likeness (QED) is 0.329. The van der Waals surface area contributed by atoms with Gasteiger partial charge in [-0.15, -0.1) is 11.6 Å². The molecule has 9 heteroatoms. The lowest BCUT2D eigenvalue weighted by Crippen LogP contribution is -2.55. The summed E-state index contributed by atoms with van der Waals surface area (Å²) < 4.78 is 5.34. The molecule has 2 heterocycles. The van der Waals surface area contributed by atoms with Crippen molar-refractivity contribution in [2.45, 2.75) is 19.9 Å². The van der Waals surface area contributed by atoms with Gasteiger partial charge in [0.2, 0.25) is 5.91 Å². The number of nitrogens with zero attached hydrogens (tertiary/aromatic N) is 5. The van der Waals surface area contributed by atoms with Crippen molar-refractivity contribution in [3.63, 3.8) is 0 Å². The van der Waals surface area contributed by atoms with Gasteiger partial charge in [0.05, 0.1) is 23.7 Å². The molecule has 2 aromatic rings. The van der Waals surface area contributed by atoms with Gasteiger partial charge < -0.3 is 14.5 Å². The van der Waals surface area contributed by atoms with Crippen LogP contribution in [0.1, 0.15) is 19.5 Å². The summed E-state index contributed by atoms with van der Waals surface area (Å²) in [6, 6.07) is 11.4.